The maximum Gasteiger partial charge on any atom is 0.246 e. The molecule has 0 aromatic heterocycles. The van der Waals surface area contributed by atoms with Gasteiger partial charge < -0.3 is 15.2 Å². The van der Waals surface area contributed by atoms with Crippen LogP contribution in [0.2, 0.25) is 0 Å². The van der Waals surface area contributed by atoms with Crippen molar-refractivity contribution in [3.8, 4) is 0 Å². The van der Waals surface area contributed by atoms with Crippen LogP contribution < -0.4 is 5.32 Å². The average Bonchev–Trinajstić information content (AvgIpc) is 2.54. The molecule has 2 rings (SSSR count). The molecule has 2 aromatic rings. The summed E-state index contributed by atoms with van der Waals surface area (Å²) in [6.45, 7) is 2.49. The van der Waals surface area contributed by atoms with Crippen molar-refractivity contribution in [2.24, 2.45) is 0 Å². The van der Waals surface area contributed by atoms with Gasteiger partial charge in [-0.25, -0.2) is 0 Å². The lowest BCUT2D eigenvalue weighted by molar-refractivity contribution is -0.126. The van der Waals surface area contributed by atoms with Crippen molar-refractivity contribution in [1.82, 2.24) is 5.32 Å². The summed E-state index contributed by atoms with van der Waals surface area (Å²) in [5, 5.41) is 12.8. The van der Waals surface area contributed by atoms with Gasteiger partial charge in [0.1, 0.15) is 6.61 Å². The van der Waals surface area contributed by atoms with Crippen molar-refractivity contribution in [1.29, 1.82) is 0 Å². The Kier molecular flexibility index (Phi) is 6.13. The number of carbonyl (C=O) groups excluding carboxylic acids is 1. The topological polar surface area (TPSA) is 58.6 Å². The molecule has 0 radical (unpaired) electrons. The third-order valence-corrected chi connectivity index (χ3v) is 3.38. The van der Waals surface area contributed by atoms with Crippen LogP contribution in [0.15, 0.2) is 54.6 Å². The summed E-state index contributed by atoms with van der Waals surface area (Å²) in [6.07, 6.45) is -0.709. The molecule has 4 heteroatoms. The summed E-state index contributed by atoms with van der Waals surface area (Å²) in [7, 11) is 0. The number of ether oxygens (including phenoxy) is 1. The molecular weight excluding hydrogens is 278 g/mol. The zero-order valence-electron chi connectivity index (χ0n) is 12.7. The van der Waals surface area contributed by atoms with Gasteiger partial charge in [0.2, 0.25) is 5.91 Å². The van der Waals surface area contributed by atoms with Gasteiger partial charge in [0.25, 0.3) is 0 Å². The maximum atomic E-state index is 11.7. The Morgan fingerprint density at radius 2 is 1.82 bits per heavy atom. The quantitative estimate of drug-likeness (QED) is 0.825. The van der Waals surface area contributed by atoms with E-state index in [1.165, 1.54) is 0 Å². The van der Waals surface area contributed by atoms with Gasteiger partial charge in [-0.3, -0.25) is 4.79 Å². The average molecular weight is 299 g/mol. The van der Waals surface area contributed by atoms with Crippen molar-refractivity contribution in [2.75, 3.05) is 13.2 Å². The van der Waals surface area contributed by atoms with E-state index in [4.69, 9.17) is 4.74 Å². The van der Waals surface area contributed by atoms with E-state index in [-0.39, 0.29) is 19.1 Å². The molecule has 0 fully saturated rings. The molecule has 0 bridgehead atoms. The summed E-state index contributed by atoms with van der Waals surface area (Å²) >= 11 is 0. The van der Waals surface area contributed by atoms with Gasteiger partial charge in [-0.1, -0.05) is 54.6 Å². The third-order valence-electron chi connectivity index (χ3n) is 3.38. The van der Waals surface area contributed by atoms with E-state index >= 15 is 0 Å². The second-order valence-corrected chi connectivity index (χ2v) is 5.15. The third kappa shape index (κ3) is 4.98. The molecular formula is C18H21NO3. The number of aliphatic hydroxyl groups excluding tert-OH is 1. The lowest BCUT2D eigenvalue weighted by Gasteiger charge is -2.14. The van der Waals surface area contributed by atoms with Crippen molar-refractivity contribution >= 4 is 5.91 Å². The molecule has 2 N–H and O–H groups in total. The van der Waals surface area contributed by atoms with Gasteiger partial charge >= 0.3 is 0 Å². The fraction of sp³-hybridized carbons (Fsp3) is 0.278. The lowest BCUT2D eigenvalue weighted by Crippen LogP contribution is -2.31. The maximum absolute atomic E-state index is 11.7. The molecule has 0 saturated carbocycles. The fourth-order valence-corrected chi connectivity index (χ4v) is 2.17. The van der Waals surface area contributed by atoms with E-state index in [1.54, 1.807) is 0 Å². The first-order chi connectivity index (χ1) is 10.7. The van der Waals surface area contributed by atoms with Crippen molar-refractivity contribution < 1.29 is 14.6 Å². The Balaban J connectivity index is 1.70. The number of nitrogens with one attached hydrogen (secondary N) is 1. The monoisotopic (exact) mass is 299 g/mol. The van der Waals surface area contributed by atoms with Gasteiger partial charge in [0.15, 0.2) is 0 Å². The highest BCUT2D eigenvalue weighted by molar-refractivity contribution is 5.77. The summed E-state index contributed by atoms with van der Waals surface area (Å²) in [4.78, 5) is 11.7. The molecule has 4 nitrogen and oxygen atoms in total. The number of hydrogen-bond acceptors (Lipinski definition) is 3. The number of hydrogen-bond donors (Lipinski definition) is 2. The molecule has 0 aliphatic carbocycles. The Labute approximate surface area is 130 Å². The van der Waals surface area contributed by atoms with E-state index in [2.05, 4.69) is 5.32 Å². The molecule has 0 aliphatic rings. The van der Waals surface area contributed by atoms with Gasteiger partial charge in [0.05, 0.1) is 12.7 Å². The van der Waals surface area contributed by atoms with Crippen LogP contribution in [0.4, 0.5) is 0 Å². The van der Waals surface area contributed by atoms with E-state index < -0.39 is 6.10 Å². The second kappa shape index (κ2) is 8.32. The van der Waals surface area contributed by atoms with Gasteiger partial charge in [0, 0.05) is 6.54 Å². The predicted octanol–water partition coefficient (Wildman–Crippen LogP) is 2.36. The highest BCUT2D eigenvalue weighted by Crippen LogP contribution is 2.16. The van der Waals surface area contributed by atoms with Gasteiger partial charge in [-0.15, -0.1) is 0 Å². The highest BCUT2D eigenvalue weighted by atomic mass is 16.5. The number of benzene rings is 2. The number of aliphatic hydroxyl groups is 1. The van der Waals surface area contributed by atoms with Crippen molar-refractivity contribution in [3.05, 3.63) is 71.3 Å². The standard InChI is InChI=1S/C18H21NO3/c1-14-7-5-6-10-16(14)17(20)11-19-18(21)13-22-12-15-8-3-2-4-9-15/h2-10,17,20H,11-13H2,1H3,(H,19,21)/t17-/m0/s1. The Hall–Kier alpha value is -2.17. The summed E-state index contributed by atoms with van der Waals surface area (Å²) in [6, 6.07) is 17.3. The molecule has 0 spiro atoms. The van der Waals surface area contributed by atoms with Crippen LogP contribution in [-0.4, -0.2) is 24.2 Å². The minimum Gasteiger partial charge on any atom is -0.387 e. The first-order valence-electron chi connectivity index (χ1n) is 7.29. The van der Waals surface area contributed by atoms with Crippen molar-refractivity contribution in [3.63, 3.8) is 0 Å². The second-order valence-electron chi connectivity index (χ2n) is 5.15. The lowest BCUT2D eigenvalue weighted by atomic mass is 10.0. The summed E-state index contributed by atoms with van der Waals surface area (Å²) in [5.74, 6) is -0.233. The molecule has 0 heterocycles. The number of carbonyl (C=O) groups is 1. The molecule has 22 heavy (non-hydrogen) atoms. The number of amides is 1. The van der Waals surface area contributed by atoms with Crippen LogP contribution in [0.25, 0.3) is 0 Å². The number of rotatable bonds is 7. The van der Waals surface area contributed by atoms with E-state index in [0.29, 0.717) is 6.61 Å². The highest BCUT2D eigenvalue weighted by Gasteiger charge is 2.11. The van der Waals surface area contributed by atoms with Crippen LogP contribution in [-0.2, 0) is 16.1 Å². The Morgan fingerprint density at radius 1 is 1.14 bits per heavy atom. The smallest absolute Gasteiger partial charge is 0.246 e. The minimum absolute atomic E-state index is 0.0185. The van der Waals surface area contributed by atoms with Crippen LogP contribution >= 0.6 is 0 Å². The fourth-order valence-electron chi connectivity index (χ4n) is 2.17. The van der Waals surface area contributed by atoms with Gasteiger partial charge in [-0.05, 0) is 23.6 Å². The zero-order chi connectivity index (χ0) is 15.8. The van der Waals surface area contributed by atoms with Crippen molar-refractivity contribution in [2.45, 2.75) is 19.6 Å². The van der Waals surface area contributed by atoms with Crippen LogP contribution in [0.3, 0.4) is 0 Å². The molecule has 0 unspecified atom stereocenters. The molecule has 1 atom stereocenters. The molecule has 116 valence electrons. The van der Waals surface area contributed by atoms with E-state index in [0.717, 1.165) is 16.7 Å². The molecule has 0 aliphatic heterocycles. The predicted molar refractivity (Wildman–Crippen MR) is 85.2 cm³/mol. The summed E-state index contributed by atoms with van der Waals surface area (Å²) in [5.41, 5.74) is 2.85. The molecule has 0 saturated heterocycles. The number of aryl methyl sites for hydroxylation is 1. The molecule has 1 amide bonds. The van der Waals surface area contributed by atoms with Crippen LogP contribution in [0, 0.1) is 6.92 Å². The Bertz CT molecular complexity index is 598. The van der Waals surface area contributed by atoms with Crippen LogP contribution in [0.1, 0.15) is 22.8 Å². The first kappa shape index (κ1) is 16.2. The summed E-state index contributed by atoms with van der Waals surface area (Å²) < 4.78 is 5.35. The molecule has 2 aromatic carbocycles. The van der Waals surface area contributed by atoms with E-state index in [9.17, 15) is 9.90 Å². The zero-order valence-corrected chi connectivity index (χ0v) is 12.7. The van der Waals surface area contributed by atoms with Crippen LogP contribution in [0.5, 0.6) is 0 Å². The normalized spacial score (nSPS) is 11.9. The largest absolute Gasteiger partial charge is 0.387 e. The van der Waals surface area contributed by atoms with Gasteiger partial charge in [-0.2, -0.15) is 0 Å². The Morgan fingerprint density at radius 3 is 2.55 bits per heavy atom. The minimum atomic E-state index is -0.709. The van der Waals surface area contributed by atoms with E-state index in [1.807, 2.05) is 61.5 Å². The first-order valence-corrected chi connectivity index (χ1v) is 7.29. The SMILES string of the molecule is Cc1ccccc1[C@@H](O)CNC(=O)COCc1ccccc1.